The monoisotopic (exact) mass is 416 g/mol. The number of amides is 2. The van der Waals surface area contributed by atoms with E-state index in [1.54, 1.807) is 24.3 Å². The summed E-state index contributed by atoms with van der Waals surface area (Å²) in [5, 5.41) is 5.77. The maximum atomic E-state index is 12.9. The number of rotatable bonds is 8. The number of para-hydroxylation sites is 1. The molecule has 5 nitrogen and oxygen atoms in total. The largest absolute Gasteiger partial charge is 0.480 e. The van der Waals surface area contributed by atoms with E-state index in [9.17, 15) is 9.59 Å². The number of benzene rings is 3. The molecule has 0 aliphatic carbocycles. The molecule has 0 bridgehead atoms. The van der Waals surface area contributed by atoms with Crippen molar-refractivity contribution in [2.45, 2.75) is 39.8 Å². The third-order valence-electron chi connectivity index (χ3n) is 4.99. The van der Waals surface area contributed by atoms with Crippen molar-refractivity contribution in [1.82, 2.24) is 5.32 Å². The lowest BCUT2D eigenvalue weighted by molar-refractivity contribution is -0.122. The summed E-state index contributed by atoms with van der Waals surface area (Å²) in [5.74, 6) is 0.148. The standard InChI is InChI=1S/C26H28N2O3/c1-4-23(31-24-15-14-18(2)16-19(24)3)26(30)28-22-13-9-8-12-21(22)25(29)27-17-20-10-6-5-7-11-20/h5-16,23H,4,17H2,1-3H3,(H,27,29)(H,28,30)/t23-/m0/s1. The maximum Gasteiger partial charge on any atom is 0.265 e. The summed E-state index contributed by atoms with van der Waals surface area (Å²) < 4.78 is 5.98. The second-order valence-electron chi connectivity index (χ2n) is 7.49. The first-order chi connectivity index (χ1) is 15.0. The number of ether oxygens (including phenoxy) is 1. The van der Waals surface area contributed by atoms with Crippen molar-refractivity contribution in [3.8, 4) is 5.75 Å². The molecule has 5 heteroatoms. The van der Waals surface area contributed by atoms with Crippen molar-refractivity contribution >= 4 is 17.5 Å². The van der Waals surface area contributed by atoms with Crippen molar-refractivity contribution in [2.24, 2.45) is 0 Å². The number of carbonyl (C=O) groups is 2. The summed E-state index contributed by atoms with van der Waals surface area (Å²) in [6.07, 6.45) is -0.163. The van der Waals surface area contributed by atoms with Gasteiger partial charge in [0.1, 0.15) is 5.75 Å². The minimum absolute atomic E-state index is 0.247. The molecule has 3 aromatic carbocycles. The van der Waals surface area contributed by atoms with E-state index >= 15 is 0 Å². The van der Waals surface area contributed by atoms with E-state index in [1.165, 1.54) is 0 Å². The fourth-order valence-corrected chi connectivity index (χ4v) is 3.28. The summed E-state index contributed by atoms with van der Waals surface area (Å²) in [6, 6.07) is 22.5. The minimum atomic E-state index is -0.665. The van der Waals surface area contributed by atoms with Gasteiger partial charge >= 0.3 is 0 Å². The van der Waals surface area contributed by atoms with E-state index in [-0.39, 0.29) is 11.8 Å². The summed E-state index contributed by atoms with van der Waals surface area (Å²) in [4.78, 5) is 25.6. The van der Waals surface area contributed by atoms with Crippen LogP contribution < -0.4 is 15.4 Å². The highest BCUT2D eigenvalue weighted by atomic mass is 16.5. The first-order valence-corrected chi connectivity index (χ1v) is 10.4. The fraction of sp³-hybridized carbons (Fsp3) is 0.231. The van der Waals surface area contributed by atoms with Crippen LogP contribution in [-0.4, -0.2) is 17.9 Å². The average molecular weight is 417 g/mol. The van der Waals surface area contributed by atoms with Gasteiger partial charge in [-0.2, -0.15) is 0 Å². The van der Waals surface area contributed by atoms with Crippen LogP contribution in [0.4, 0.5) is 5.69 Å². The molecule has 0 saturated heterocycles. The number of hydrogen-bond acceptors (Lipinski definition) is 3. The van der Waals surface area contributed by atoms with E-state index in [2.05, 4.69) is 10.6 Å². The molecule has 160 valence electrons. The molecule has 2 N–H and O–H groups in total. The molecule has 0 saturated carbocycles. The van der Waals surface area contributed by atoms with Crippen LogP contribution in [0.2, 0.25) is 0 Å². The molecule has 31 heavy (non-hydrogen) atoms. The van der Waals surface area contributed by atoms with Crippen molar-refractivity contribution < 1.29 is 14.3 Å². The molecule has 3 aromatic rings. The predicted octanol–water partition coefficient (Wildman–Crippen LogP) is 5.03. The maximum absolute atomic E-state index is 12.9. The lowest BCUT2D eigenvalue weighted by Gasteiger charge is -2.20. The van der Waals surface area contributed by atoms with Gasteiger partial charge in [-0.15, -0.1) is 0 Å². The van der Waals surface area contributed by atoms with Crippen LogP contribution in [-0.2, 0) is 11.3 Å². The van der Waals surface area contributed by atoms with Crippen LogP contribution in [0.15, 0.2) is 72.8 Å². The van der Waals surface area contributed by atoms with Gasteiger partial charge in [-0.05, 0) is 49.6 Å². The summed E-state index contributed by atoms with van der Waals surface area (Å²) in [6.45, 7) is 6.28. The van der Waals surface area contributed by atoms with Gasteiger partial charge in [0, 0.05) is 6.54 Å². The van der Waals surface area contributed by atoms with E-state index in [1.807, 2.05) is 69.3 Å². The van der Waals surface area contributed by atoms with Gasteiger partial charge in [-0.3, -0.25) is 9.59 Å². The zero-order chi connectivity index (χ0) is 22.2. The normalized spacial score (nSPS) is 11.5. The molecule has 3 rings (SSSR count). The Balaban J connectivity index is 1.69. The summed E-state index contributed by atoms with van der Waals surface area (Å²) in [7, 11) is 0. The molecule has 2 amide bonds. The molecule has 0 heterocycles. The van der Waals surface area contributed by atoms with Gasteiger partial charge in [-0.25, -0.2) is 0 Å². The topological polar surface area (TPSA) is 67.4 Å². The van der Waals surface area contributed by atoms with Gasteiger partial charge in [0.05, 0.1) is 11.3 Å². The van der Waals surface area contributed by atoms with Crippen molar-refractivity contribution in [1.29, 1.82) is 0 Å². The zero-order valence-electron chi connectivity index (χ0n) is 18.1. The lowest BCUT2D eigenvalue weighted by atomic mass is 10.1. The molecule has 0 aliphatic heterocycles. The van der Waals surface area contributed by atoms with E-state index < -0.39 is 6.10 Å². The van der Waals surface area contributed by atoms with Crippen LogP contribution >= 0.6 is 0 Å². The molecule has 0 fully saturated rings. The van der Waals surface area contributed by atoms with Crippen molar-refractivity contribution in [3.05, 3.63) is 95.1 Å². The predicted molar refractivity (Wildman–Crippen MR) is 123 cm³/mol. The molecule has 0 unspecified atom stereocenters. The van der Waals surface area contributed by atoms with Gasteiger partial charge in [-0.1, -0.05) is 67.1 Å². The first-order valence-electron chi connectivity index (χ1n) is 10.4. The summed E-state index contributed by atoms with van der Waals surface area (Å²) in [5.41, 5.74) is 3.99. The van der Waals surface area contributed by atoms with Gasteiger partial charge in [0.25, 0.3) is 11.8 Å². The van der Waals surface area contributed by atoms with Crippen LogP contribution in [0.1, 0.15) is 40.4 Å². The van der Waals surface area contributed by atoms with Gasteiger partial charge in [0.15, 0.2) is 6.10 Å². The van der Waals surface area contributed by atoms with Crippen molar-refractivity contribution in [3.63, 3.8) is 0 Å². The zero-order valence-corrected chi connectivity index (χ0v) is 18.1. The van der Waals surface area contributed by atoms with Crippen LogP contribution in [0.25, 0.3) is 0 Å². The summed E-state index contributed by atoms with van der Waals surface area (Å²) >= 11 is 0. The number of hydrogen-bond donors (Lipinski definition) is 2. The highest BCUT2D eigenvalue weighted by Gasteiger charge is 2.21. The number of carbonyl (C=O) groups excluding carboxylic acids is 2. The van der Waals surface area contributed by atoms with E-state index in [4.69, 9.17) is 4.74 Å². The molecule has 1 atom stereocenters. The third kappa shape index (κ3) is 5.95. The van der Waals surface area contributed by atoms with Crippen LogP contribution in [0.3, 0.4) is 0 Å². The molecule has 0 spiro atoms. The second kappa shape index (κ2) is 10.4. The SMILES string of the molecule is CC[C@H](Oc1ccc(C)cc1C)C(=O)Nc1ccccc1C(=O)NCc1ccccc1. The average Bonchev–Trinajstić information content (AvgIpc) is 2.78. The smallest absolute Gasteiger partial charge is 0.265 e. The molecule has 0 radical (unpaired) electrons. The third-order valence-corrected chi connectivity index (χ3v) is 4.99. The van der Waals surface area contributed by atoms with E-state index in [0.717, 1.165) is 16.7 Å². The Morgan fingerprint density at radius 1 is 0.935 bits per heavy atom. The Bertz CT molecular complexity index is 1050. The number of nitrogens with one attached hydrogen (secondary N) is 2. The Hall–Kier alpha value is -3.60. The minimum Gasteiger partial charge on any atom is -0.480 e. The quantitative estimate of drug-likeness (QED) is 0.541. The Morgan fingerprint density at radius 3 is 2.35 bits per heavy atom. The molecular formula is C26H28N2O3. The van der Waals surface area contributed by atoms with Crippen LogP contribution in [0, 0.1) is 13.8 Å². The van der Waals surface area contributed by atoms with Gasteiger partial charge in [0.2, 0.25) is 0 Å². The lowest BCUT2D eigenvalue weighted by Crippen LogP contribution is -2.33. The Kier molecular flexibility index (Phi) is 7.44. The van der Waals surface area contributed by atoms with Crippen molar-refractivity contribution in [2.75, 3.05) is 5.32 Å². The number of aryl methyl sites for hydroxylation is 2. The Labute approximate surface area is 183 Å². The fourth-order valence-electron chi connectivity index (χ4n) is 3.28. The van der Waals surface area contributed by atoms with Gasteiger partial charge < -0.3 is 15.4 Å². The molecule has 0 aromatic heterocycles. The Morgan fingerprint density at radius 2 is 1.65 bits per heavy atom. The molecule has 0 aliphatic rings. The molecular weight excluding hydrogens is 388 g/mol. The van der Waals surface area contributed by atoms with Crippen LogP contribution in [0.5, 0.6) is 5.75 Å². The second-order valence-corrected chi connectivity index (χ2v) is 7.49. The van der Waals surface area contributed by atoms with E-state index in [0.29, 0.717) is 30.0 Å². The number of anilines is 1. The first kappa shape index (κ1) is 22.1. The highest BCUT2D eigenvalue weighted by Crippen LogP contribution is 2.22. The highest BCUT2D eigenvalue weighted by molar-refractivity contribution is 6.04.